The highest BCUT2D eigenvalue weighted by Crippen LogP contribution is 2.17. The van der Waals surface area contributed by atoms with E-state index in [1.54, 1.807) is 24.5 Å². The summed E-state index contributed by atoms with van der Waals surface area (Å²) in [5.74, 6) is 0. The minimum atomic E-state index is 0.0244. The molecular weight excluding hydrogens is 288 g/mol. The van der Waals surface area contributed by atoms with Crippen LogP contribution in [-0.4, -0.2) is 43.0 Å². The molecule has 0 N–H and O–H groups in total. The fraction of sp³-hybridized carbons (Fsp3) is 0.438. The number of halogens is 1. The van der Waals surface area contributed by atoms with Gasteiger partial charge in [0.25, 0.3) is 0 Å². The molecule has 1 fully saturated rings. The largest absolute Gasteiger partial charge is 0.464 e. The third kappa shape index (κ3) is 3.28. The second-order valence-electron chi connectivity index (χ2n) is 5.66. The monoisotopic (exact) mass is 306 g/mol. The van der Waals surface area contributed by atoms with Crippen molar-refractivity contribution in [3.63, 3.8) is 0 Å². The summed E-state index contributed by atoms with van der Waals surface area (Å²) >= 11 is 5.98. The number of hydrogen-bond donors (Lipinski definition) is 0. The Hall–Kier alpha value is -1.36. The summed E-state index contributed by atoms with van der Waals surface area (Å²) in [6.07, 6.45) is 2.72. The summed E-state index contributed by atoms with van der Waals surface area (Å²) in [6, 6.07) is 5.16. The minimum absolute atomic E-state index is 0.0244. The first kappa shape index (κ1) is 14.6. The van der Waals surface area contributed by atoms with Crippen molar-refractivity contribution >= 4 is 22.6 Å². The summed E-state index contributed by atoms with van der Waals surface area (Å²) in [5.41, 5.74) is 1.31. The van der Waals surface area contributed by atoms with Crippen LogP contribution in [0.4, 0.5) is 0 Å². The first-order valence-electron chi connectivity index (χ1n) is 7.24. The van der Waals surface area contributed by atoms with Gasteiger partial charge >= 0.3 is 0 Å². The van der Waals surface area contributed by atoms with Gasteiger partial charge in [-0.25, -0.2) is 0 Å². The first-order chi connectivity index (χ1) is 10.1. The summed E-state index contributed by atoms with van der Waals surface area (Å²) in [7, 11) is 2.13. The molecule has 1 aliphatic rings. The Balaban J connectivity index is 1.87. The zero-order chi connectivity index (χ0) is 14.8. The Morgan fingerprint density at radius 1 is 1.24 bits per heavy atom. The maximum Gasteiger partial charge on any atom is 0.197 e. The lowest BCUT2D eigenvalue weighted by Crippen LogP contribution is -2.30. The van der Waals surface area contributed by atoms with E-state index in [-0.39, 0.29) is 5.43 Å². The molecule has 4 nitrogen and oxygen atoms in total. The third-order valence-corrected chi connectivity index (χ3v) is 4.25. The van der Waals surface area contributed by atoms with Crippen LogP contribution in [0.2, 0.25) is 5.02 Å². The highest BCUT2D eigenvalue weighted by atomic mass is 35.5. The Labute approximate surface area is 128 Å². The summed E-state index contributed by atoms with van der Waals surface area (Å²) in [6.45, 7) is 4.77. The van der Waals surface area contributed by atoms with Gasteiger partial charge in [0.05, 0.1) is 11.6 Å². The van der Waals surface area contributed by atoms with Crippen LogP contribution in [0.5, 0.6) is 0 Å². The number of likely N-dealkylation sites (N-methyl/N-ethyl adjacent to an activating group) is 1. The van der Waals surface area contributed by atoms with Crippen molar-refractivity contribution in [3.8, 4) is 0 Å². The standard InChI is InChI=1S/C16H19ClN2O2/c1-18-5-2-6-19(8-7-18)10-12-11-21-15-4-3-13(17)9-14(15)16(12)20/h3-4,9,11H,2,5-8,10H2,1H3. The van der Waals surface area contributed by atoms with Crippen LogP contribution in [0, 0.1) is 0 Å². The molecular formula is C16H19ClN2O2. The Bertz CT molecular complexity index is 698. The zero-order valence-corrected chi connectivity index (χ0v) is 12.9. The van der Waals surface area contributed by atoms with Gasteiger partial charge in [0.15, 0.2) is 5.43 Å². The van der Waals surface area contributed by atoms with E-state index in [0.717, 1.165) is 32.6 Å². The smallest absolute Gasteiger partial charge is 0.197 e. The highest BCUT2D eigenvalue weighted by molar-refractivity contribution is 6.31. The van der Waals surface area contributed by atoms with E-state index in [4.69, 9.17) is 16.0 Å². The van der Waals surface area contributed by atoms with Gasteiger partial charge in [0, 0.05) is 30.2 Å². The van der Waals surface area contributed by atoms with E-state index in [9.17, 15) is 4.79 Å². The molecule has 5 heteroatoms. The van der Waals surface area contributed by atoms with Crippen LogP contribution in [0.15, 0.2) is 33.7 Å². The molecule has 2 heterocycles. The van der Waals surface area contributed by atoms with E-state index < -0.39 is 0 Å². The molecule has 1 aromatic heterocycles. The second kappa shape index (κ2) is 6.18. The fourth-order valence-electron chi connectivity index (χ4n) is 2.75. The normalized spacial score (nSPS) is 18.0. The van der Waals surface area contributed by atoms with Gasteiger partial charge in [0.2, 0.25) is 0 Å². The molecule has 1 saturated heterocycles. The predicted octanol–water partition coefficient (Wildman–Crippen LogP) is 2.58. The predicted molar refractivity (Wildman–Crippen MR) is 84.9 cm³/mol. The molecule has 0 aliphatic carbocycles. The van der Waals surface area contributed by atoms with Crippen LogP contribution >= 0.6 is 11.6 Å². The van der Waals surface area contributed by atoms with Crippen molar-refractivity contribution in [2.45, 2.75) is 13.0 Å². The average Bonchev–Trinajstić information content (AvgIpc) is 2.67. The van der Waals surface area contributed by atoms with Crippen molar-refractivity contribution in [3.05, 3.63) is 45.3 Å². The minimum Gasteiger partial charge on any atom is -0.464 e. The van der Waals surface area contributed by atoms with Crippen molar-refractivity contribution in [2.75, 3.05) is 33.2 Å². The molecule has 112 valence electrons. The molecule has 2 aromatic rings. The molecule has 0 saturated carbocycles. The SMILES string of the molecule is CN1CCCN(Cc2coc3ccc(Cl)cc3c2=O)CC1. The van der Waals surface area contributed by atoms with Crippen molar-refractivity contribution < 1.29 is 4.42 Å². The summed E-state index contributed by atoms with van der Waals surface area (Å²) < 4.78 is 5.58. The van der Waals surface area contributed by atoms with Crippen LogP contribution in [0.3, 0.4) is 0 Å². The third-order valence-electron chi connectivity index (χ3n) is 4.01. The topological polar surface area (TPSA) is 36.7 Å². The van der Waals surface area contributed by atoms with E-state index in [1.165, 1.54) is 0 Å². The van der Waals surface area contributed by atoms with Gasteiger partial charge in [-0.3, -0.25) is 9.69 Å². The van der Waals surface area contributed by atoms with Gasteiger partial charge in [-0.15, -0.1) is 0 Å². The molecule has 0 atom stereocenters. The lowest BCUT2D eigenvalue weighted by molar-refractivity contribution is 0.267. The van der Waals surface area contributed by atoms with Crippen molar-refractivity contribution in [1.29, 1.82) is 0 Å². The number of rotatable bonds is 2. The summed E-state index contributed by atoms with van der Waals surface area (Å²) in [5, 5.41) is 1.12. The van der Waals surface area contributed by atoms with Crippen molar-refractivity contribution in [1.82, 2.24) is 9.80 Å². The first-order valence-corrected chi connectivity index (χ1v) is 7.62. The zero-order valence-electron chi connectivity index (χ0n) is 12.1. The average molecular weight is 307 g/mol. The second-order valence-corrected chi connectivity index (χ2v) is 6.10. The molecule has 0 radical (unpaired) electrons. The molecule has 1 aliphatic heterocycles. The number of benzene rings is 1. The summed E-state index contributed by atoms with van der Waals surface area (Å²) in [4.78, 5) is 17.2. The molecule has 21 heavy (non-hydrogen) atoms. The lowest BCUT2D eigenvalue weighted by Gasteiger charge is -2.19. The molecule has 1 aromatic carbocycles. The Kier molecular flexibility index (Phi) is 4.29. The maximum absolute atomic E-state index is 12.5. The number of hydrogen-bond acceptors (Lipinski definition) is 4. The number of fused-ring (bicyclic) bond motifs is 1. The van der Waals surface area contributed by atoms with Gasteiger partial charge in [0.1, 0.15) is 5.58 Å². The van der Waals surface area contributed by atoms with E-state index in [1.807, 2.05) is 0 Å². The molecule has 0 spiro atoms. The van der Waals surface area contributed by atoms with Crippen LogP contribution < -0.4 is 5.43 Å². The molecule has 0 bridgehead atoms. The van der Waals surface area contributed by atoms with Gasteiger partial charge < -0.3 is 9.32 Å². The van der Waals surface area contributed by atoms with Gasteiger partial charge in [-0.2, -0.15) is 0 Å². The van der Waals surface area contributed by atoms with E-state index >= 15 is 0 Å². The Morgan fingerprint density at radius 3 is 2.95 bits per heavy atom. The maximum atomic E-state index is 12.5. The quantitative estimate of drug-likeness (QED) is 0.854. The van der Waals surface area contributed by atoms with E-state index in [2.05, 4.69) is 16.8 Å². The fourth-order valence-corrected chi connectivity index (χ4v) is 2.92. The van der Waals surface area contributed by atoms with Crippen LogP contribution in [-0.2, 0) is 6.54 Å². The van der Waals surface area contributed by atoms with E-state index in [0.29, 0.717) is 28.1 Å². The van der Waals surface area contributed by atoms with Crippen LogP contribution in [0.25, 0.3) is 11.0 Å². The van der Waals surface area contributed by atoms with Crippen LogP contribution in [0.1, 0.15) is 12.0 Å². The molecule has 3 rings (SSSR count). The Morgan fingerprint density at radius 2 is 2.10 bits per heavy atom. The lowest BCUT2D eigenvalue weighted by atomic mass is 10.1. The van der Waals surface area contributed by atoms with Crippen molar-refractivity contribution in [2.24, 2.45) is 0 Å². The molecule has 0 unspecified atom stereocenters. The highest BCUT2D eigenvalue weighted by Gasteiger charge is 2.15. The van der Waals surface area contributed by atoms with Gasteiger partial charge in [-0.05, 0) is 44.8 Å². The van der Waals surface area contributed by atoms with Gasteiger partial charge in [-0.1, -0.05) is 11.6 Å². The molecule has 0 amide bonds. The number of nitrogens with zero attached hydrogens (tertiary/aromatic N) is 2.